The standard InChI is InChI=1S/C19H23N5O6S/c1-12-4-3-5-13(2)19(12)23-18(26)11-22-17(25)8-9-21-15-7-6-14(31(20,29)30)10-16(15)24(27)28/h3-7,10,21H,8-9,11H2,1-2H3,(H,22,25)(H,23,26)(H2,20,29,30). The molecule has 2 amide bonds. The number of nitro benzene ring substituents is 1. The molecule has 2 aromatic carbocycles. The van der Waals surface area contributed by atoms with Gasteiger partial charge in [0, 0.05) is 24.7 Å². The van der Waals surface area contributed by atoms with Gasteiger partial charge in [-0.05, 0) is 37.1 Å². The largest absolute Gasteiger partial charge is 0.379 e. The molecular formula is C19H23N5O6S. The van der Waals surface area contributed by atoms with E-state index in [1.54, 1.807) is 0 Å². The highest BCUT2D eigenvalue weighted by Gasteiger charge is 2.19. The zero-order valence-corrected chi connectivity index (χ0v) is 17.8. The topological polar surface area (TPSA) is 174 Å². The minimum absolute atomic E-state index is 0.0277. The molecule has 0 radical (unpaired) electrons. The van der Waals surface area contributed by atoms with E-state index in [2.05, 4.69) is 16.0 Å². The van der Waals surface area contributed by atoms with Crippen molar-refractivity contribution in [3.63, 3.8) is 0 Å². The zero-order valence-electron chi connectivity index (χ0n) is 17.0. The first kappa shape index (κ1) is 23.8. The van der Waals surface area contributed by atoms with Gasteiger partial charge in [-0.3, -0.25) is 19.7 Å². The highest BCUT2D eigenvalue weighted by Crippen LogP contribution is 2.27. The van der Waals surface area contributed by atoms with Crippen molar-refractivity contribution in [1.82, 2.24) is 5.32 Å². The normalized spacial score (nSPS) is 10.9. The summed E-state index contributed by atoms with van der Waals surface area (Å²) in [5.41, 5.74) is 2.05. The summed E-state index contributed by atoms with van der Waals surface area (Å²) >= 11 is 0. The molecule has 5 N–H and O–H groups in total. The maximum atomic E-state index is 12.1. The Kier molecular flexibility index (Phi) is 7.67. The molecule has 2 rings (SSSR count). The summed E-state index contributed by atoms with van der Waals surface area (Å²) < 4.78 is 22.7. The van der Waals surface area contributed by atoms with E-state index in [1.165, 1.54) is 6.07 Å². The monoisotopic (exact) mass is 449 g/mol. The van der Waals surface area contributed by atoms with Crippen LogP contribution in [0, 0.1) is 24.0 Å². The van der Waals surface area contributed by atoms with Crippen molar-refractivity contribution < 1.29 is 22.9 Å². The predicted octanol–water partition coefficient (Wildman–Crippen LogP) is 1.42. The van der Waals surface area contributed by atoms with Crippen molar-refractivity contribution in [3.05, 3.63) is 57.6 Å². The number of nitrogens with one attached hydrogen (secondary N) is 3. The zero-order chi connectivity index (χ0) is 23.2. The van der Waals surface area contributed by atoms with Crippen LogP contribution in [0.15, 0.2) is 41.3 Å². The highest BCUT2D eigenvalue weighted by molar-refractivity contribution is 7.89. The Morgan fingerprint density at radius 3 is 2.32 bits per heavy atom. The van der Waals surface area contributed by atoms with Gasteiger partial charge in [-0.2, -0.15) is 0 Å². The molecule has 0 saturated heterocycles. The lowest BCUT2D eigenvalue weighted by molar-refractivity contribution is -0.384. The van der Waals surface area contributed by atoms with Crippen LogP contribution in [0.5, 0.6) is 0 Å². The third kappa shape index (κ3) is 6.76. The fourth-order valence-electron chi connectivity index (χ4n) is 2.76. The van der Waals surface area contributed by atoms with Crippen LogP contribution in [0.1, 0.15) is 17.5 Å². The Labute approximate surface area is 179 Å². The van der Waals surface area contributed by atoms with Gasteiger partial charge in [-0.15, -0.1) is 0 Å². The summed E-state index contributed by atoms with van der Waals surface area (Å²) in [6, 6.07) is 8.77. The number of carbonyl (C=O) groups excluding carboxylic acids is 2. The molecule has 12 heteroatoms. The molecule has 0 aliphatic carbocycles. The van der Waals surface area contributed by atoms with Crippen molar-refractivity contribution in [2.24, 2.45) is 5.14 Å². The van der Waals surface area contributed by atoms with Gasteiger partial charge in [-0.25, -0.2) is 13.6 Å². The minimum atomic E-state index is -4.09. The smallest absolute Gasteiger partial charge is 0.293 e. The van der Waals surface area contributed by atoms with E-state index in [4.69, 9.17) is 5.14 Å². The Balaban J connectivity index is 1.87. The van der Waals surface area contributed by atoms with Crippen molar-refractivity contribution in [2.75, 3.05) is 23.7 Å². The van der Waals surface area contributed by atoms with E-state index in [0.717, 1.165) is 23.3 Å². The lowest BCUT2D eigenvalue weighted by Crippen LogP contribution is -2.34. The van der Waals surface area contributed by atoms with Crippen molar-refractivity contribution >= 4 is 38.9 Å². The minimum Gasteiger partial charge on any atom is -0.379 e. The second kappa shape index (κ2) is 10.00. The van der Waals surface area contributed by atoms with Crippen LogP contribution in [0.3, 0.4) is 0 Å². The molecule has 0 unspecified atom stereocenters. The maximum absolute atomic E-state index is 12.1. The van der Waals surface area contributed by atoms with Gasteiger partial charge >= 0.3 is 0 Å². The van der Waals surface area contributed by atoms with E-state index in [1.807, 2.05) is 32.0 Å². The van der Waals surface area contributed by atoms with Gasteiger partial charge < -0.3 is 16.0 Å². The number of hydrogen-bond donors (Lipinski definition) is 4. The van der Waals surface area contributed by atoms with Gasteiger partial charge in [-0.1, -0.05) is 18.2 Å². The number of aryl methyl sites for hydroxylation is 2. The number of primary sulfonamides is 1. The Morgan fingerprint density at radius 1 is 1.10 bits per heavy atom. The van der Waals surface area contributed by atoms with Crippen LogP contribution in [-0.4, -0.2) is 38.2 Å². The number of carbonyl (C=O) groups is 2. The molecular weight excluding hydrogens is 426 g/mol. The molecule has 31 heavy (non-hydrogen) atoms. The van der Waals surface area contributed by atoms with E-state index in [9.17, 15) is 28.1 Å². The summed E-state index contributed by atoms with van der Waals surface area (Å²) in [6.45, 7) is 3.53. The van der Waals surface area contributed by atoms with Crippen molar-refractivity contribution in [1.29, 1.82) is 0 Å². The summed E-state index contributed by atoms with van der Waals surface area (Å²) in [7, 11) is -4.09. The Morgan fingerprint density at radius 2 is 1.74 bits per heavy atom. The van der Waals surface area contributed by atoms with E-state index < -0.39 is 31.4 Å². The van der Waals surface area contributed by atoms with Crippen LogP contribution in [0.25, 0.3) is 0 Å². The number of sulfonamides is 1. The average molecular weight is 449 g/mol. The van der Waals surface area contributed by atoms with Crippen LogP contribution < -0.4 is 21.1 Å². The van der Waals surface area contributed by atoms with Crippen LogP contribution in [0.4, 0.5) is 17.1 Å². The molecule has 2 aromatic rings. The van der Waals surface area contributed by atoms with Gasteiger partial charge in [0.05, 0.1) is 16.4 Å². The third-order valence-corrected chi connectivity index (χ3v) is 5.26. The second-order valence-electron chi connectivity index (χ2n) is 6.75. The molecule has 0 saturated carbocycles. The van der Waals surface area contributed by atoms with Crippen LogP contribution in [-0.2, 0) is 19.6 Å². The number of hydrogen-bond acceptors (Lipinski definition) is 7. The van der Waals surface area contributed by atoms with E-state index in [0.29, 0.717) is 5.69 Å². The van der Waals surface area contributed by atoms with Crippen LogP contribution in [0.2, 0.25) is 0 Å². The summed E-state index contributed by atoms with van der Waals surface area (Å²) in [6.07, 6.45) is -0.0647. The molecule has 0 aromatic heterocycles. The number of amides is 2. The quantitative estimate of drug-likeness (QED) is 0.331. The molecule has 166 valence electrons. The summed E-state index contributed by atoms with van der Waals surface area (Å²) in [5, 5.41) is 24.1. The first-order valence-corrected chi connectivity index (χ1v) is 10.7. The first-order chi connectivity index (χ1) is 14.5. The van der Waals surface area contributed by atoms with Gasteiger partial charge in [0.15, 0.2) is 0 Å². The highest BCUT2D eigenvalue weighted by atomic mass is 32.2. The van der Waals surface area contributed by atoms with Gasteiger partial charge in [0.1, 0.15) is 5.69 Å². The lowest BCUT2D eigenvalue weighted by atomic mass is 10.1. The Bertz CT molecular complexity index is 1100. The summed E-state index contributed by atoms with van der Waals surface area (Å²) in [5.74, 6) is -0.819. The number of nitro groups is 1. The number of rotatable bonds is 9. The van der Waals surface area contributed by atoms with E-state index in [-0.39, 0.29) is 31.1 Å². The number of nitrogens with two attached hydrogens (primary N) is 1. The second-order valence-corrected chi connectivity index (χ2v) is 8.31. The third-order valence-electron chi connectivity index (χ3n) is 4.35. The SMILES string of the molecule is Cc1cccc(C)c1NC(=O)CNC(=O)CCNc1ccc(S(N)(=O)=O)cc1[N+](=O)[O-]. The lowest BCUT2D eigenvalue weighted by Gasteiger charge is -2.12. The number of benzene rings is 2. The molecule has 0 spiro atoms. The van der Waals surface area contributed by atoms with Crippen molar-refractivity contribution in [3.8, 4) is 0 Å². The van der Waals surface area contributed by atoms with Crippen LogP contribution >= 0.6 is 0 Å². The Hall–Kier alpha value is -3.51. The molecule has 11 nitrogen and oxygen atoms in total. The number of para-hydroxylation sites is 1. The molecule has 0 aliphatic rings. The van der Waals surface area contributed by atoms with Gasteiger partial charge in [0.2, 0.25) is 21.8 Å². The maximum Gasteiger partial charge on any atom is 0.293 e. The number of nitrogens with zero attached hydrogens (tertiary/aromatic N) is 1. The predicted molar refractivity (Wildman–Crippen MR) is 115 cm³/mol. The van der Waals surface area contributed by atoms with Gasteiger partial charge in [0.25, 0.3) is 5.69 Å². The molecule has 0 heterocycles. The first-order valence-electron chi connectivity index (χ1n) is 9.17. The summed E-state index contributed by atoms with van der Waals surface area (Å²) in [4.78, 5) is 34.1. The molecule has 0 bridgehead atoms. The average Bonchev–Trinajstić information content (AvgIpc) is 2.68. The van der Waals surface area contributed by atoms with E-state index >= 15 is 0 Å². The molecule has 0 fully saturated rings. The fraction of sp³-hybridized carbons (Fsp3) is 0.263. The number of anilines is 2. The molecule has 0 aliphatic heterocycles. The van der Waals surface area contributed by atoms with Crippen molar-refractivity contribution in [2.45, 2.75) is 25.2 Å². The fourth-order valence-corrected chi connectivity index (χ4v) is 3.30. The molecule has 0 atom stereocenters.